The monoisotopic (exact) mass is 336 g/mol. The van der Waals surface area contributed by atoms with Crippen LogP contribution in [-0.2, 0) is 10.0 Å². The Morgan fingerprint density at radius 3 is 2.39 bits per heavy atom. The fourth-order valence-electron chi connectivity index (χ4n) is 1.17. The number of anilines is 1. The standard InChI is InChI=1S/C10H13BrN2O4S/c11-7-18(16,17)13-9-3-1-8(2-4-9)10(15)12-5-6-14/h1-4,13-14H,5-7H2,(H,12,15). The van der Waals surface area contributed by atoms with Crippen LogP contribution in [0, 0.1) is 0 Å². The van der Waals surface area contributed by atoms with E-state index in [2.05, 4.69) is 26.0 Å². The van der Waals surface area contributed by atoms with E-state index in [1.807, 2.05) is 0 Å². The Morgan fingerprint density at radius 2 is 1.89 bits per heavy atom. The van der Waals surface area contributed by atoms with E-state index >= 15 is 0 Å². The van der Waals surface area contributed by atoms with Gasteiger partial charge in [0.1, 0.15) is 4.66 Å². The van der Waals surface area contributed by atoms with E-state index < -0.39 is 10.0 Å². The normalized spacial score (nSPS) is 11.0. The molecule has 1 amide bonds. The minimum absolute atomic E-state index is 0.130. The van der Waals surface area contributed by atoms with E-state index in [4.69, 9.17) is 5.11 Å². The zero-order valence-corrected chi connectivity index (χ0v) is 11.8. The summed E-state index contributed by atoms with van der Waals surface area (Å²) in [6.45, 7) is 0.0473. The number of nitrogens with one attached hydrogen (secondary N) is 2. The Hall–Kier alpha value is -1.12. The van der Waals surface area contributed by atoms with Crippen molar-refractivity contribution in [2.45, 2.75) is 0 Å². The minimum Gasteiger partial charge on any atom is -0.395 e. The lowest BCUT2D eigenvalue weighted by atomic mass is 10.2. The molecule has 0 heterocycles. The average Bonchev–Trinajstić information content (AvgIpc) is 2.36. The van der Waals surface area contributed by atoms with Crippen LogP contribution in [0.3, 0.4) is 0 Å². The first-order valence-corrected chi connectivity index (χ1v) is 7.81. The van der Waals surface area contributed by atoms with Crippen LogP contribution in [0.5, 0.6) is 0 Å². The molecule has 0 aliphatic heterocycles. The lowest BCUT2D eigenvalue weighted by molar-refractivity contribution is 0.0945. The quantitative estimate of drug-likeness (QED) is 0.659. The molecule has 18 heavy (non-hydrogen) atoms. The molecule has 1 aromatic rings. The Morgan fingerprint density at radius 1 is 1.28 bits per heavy atom. The summed E-state index contributed by atoms with van der Waals surface area (Å²) in [5, 5.41) is 11.1. The van der Waals surface area contributed by atoms with Crippen molar-refractivity contribution in [2.75, 3.05) is 22.5 Å². The number of aliphatic hydroxyl groups excluding tert-OH is 1. The zero-order valence-electron chi connectivity index (χ0n) is 9.39. The van der Waals surface area contributed by atoms with Crippen LogP contribution in [0.2, 0.25) is 0 Å². The van der Waals surface area contributed by atoms with Crippen molar-refractivity contribution in [1.29, 1.82) is 0 Å². The van der Waals surface area contributed by atoms with Gasteiger partial charge in [0.15, 0.2) is 0 Å². The summed E-state index contributed by atoms with van der Waals surface area (Å²) in [4.78, 5) is 11.5. The highest BCUT2D eigenvalue weighted by molar-refractivity contribution is 9.10. The van der Waals surface area contributed by atoms with E-state index in [0.717, 1.165) is 0 Å². The number of amides is 1. The van der Waals surface area contributed by atoms with Crippen molar-refractivity contribution in [3.8, 4) is 0 Å². The molecule has 0 saturated carbocycles. The third kappa shape index (κ3) is 4.63. The SMILES string of the molecule is O=C(NCCO)c1ccc(NS(=O)(=O)CBr)cc1. The van der Waals surface area contributed by atoms with E-state index in [1.54, 1.807) is 0 Å². The van der Waals surface area contributed by atoms with Gasteiger partial charge < -0.3 is 10.4 Å². The van der Waals surface area contributed by atoms with Crippen molar-refractivity contribution in [3.63, 3.8) is 0 Å². The molecule has 0 bridgehead atoms. The van der Waals surface area contributed by atoms with Gasteiger partial charge in [0.25, 0.3) is 5.91 Å². The summed E-state index contributed by atoms with van der Waals surface area (Å²) in [6, 6.07) is 5.99. The molecule has 0 radical (unpaired) electrons. The topological polar surface area (TPSA) is 95.5 Å². The second kappa shape index (κ2) is 6.72. The van der Waals surface area contributed by atoms with E-state index in [1.165, 1.54) is 24.3 Å². The molecule has 0 aliphatic rings. The summed E-state index contributed by atoms with van der Waals surface area (Å²) in [7, 11) is -3.39. The summed E-state index contributed by atoms with van der Waals surface area (Å²) < 4.78 is 24.7. The maximum absolute atomic E-state index is 11.5. The van der Waals surface area contributed by atoms with Gasteiger partial charge >= 0.3 is 0 Å². The molecule has 100 valence electrons. The Balaban J connectivity index is 2.71. The first kappa shape index (κ1) is 14.9. The molecule has 0 saturated heterocycles. The van der Waals surface area contributed by atoms with Crippen molar-refractivity contribution in [2.24, 2.45) is 0 Å². The number of benzene rings is 1. The molecule has 0 aromatic heterocycles. The van der Waals surface area contributed by atoms with Gasteiger partial charge in [0.2, 0.25) is 10.0 Å². The number of sulfonamides is 1. The Kier molecular flexibility index (Phi) is 5.57. The van der Waals surface area contributed by atoms with Gasteiger partial charge in [-0.15, -0.1) is 0 Å². The van der Waals surface area contributed by atoms with Gasteiger partial charge in [-0.3, -0.25) is 9.52 Å². The fourth-order valence-corrected chi connectivity index (χ4v) is 2.06. The van der Waals surface area contributed by atoms with Crippen LogP contribution < -0.4 is 10.0 Å². The highest BCUT2D eigenvalue weighted by Crippen LogP contribution is 2.12. The molecule has 1 rings (SSSR count). The first-order valence-electron chi connectivity index (χ1n) is 5.04. The number of rotatable bonds is 6. The zero-order chi connectivity index (χ0) is 13.6. The van der Waals surface area contributed by atoms with Gasteiger partial charge in [0, 0.05) is 17.8 Å². The third-order valence-electron chi connectivity index (χ3n) is 1.96. The number of alkyl halides is 1. The maximum Gasteiger partial charge on any atom is 0.251 e. The van der Waals surface area contributed by atoms with Crippen LogP contribution in [0.25, 0.3) is 0 Å². The van der Waals surface area contributed by atoms with Crippen LogP contribution in [-0.4, -0.2) is 37.2 Å². The maximum atomic E-state index is 11.5. The van der Waals surface area contributed by atoms with Crippen LogP contribution in [0.1, 0.15) is 10.4 Å². The van der Waals surface area contributed by atoms with Crippen LogP contribution in [0.15, 0.2) is 24.3 Å². The molecular formula is C10H13BrN2O4S. The highest BCUT2D eigenvalue weighted by atomic mass is 79.9. The van der Waals surface area contributed by atoms with E-state index in [-0.39, 0.29) is 23.7 Å². The summed E-state index contributed by atoms with van der Waals surface area (Å²) in [5.74, 6) is -0.320. The molecule has 0 aliphatic carbocycles. The van der Waals surface area contributed by atoms with Crippen molar-refractivity contribution < 1.29 is 18.3 Å². The Labute approximate surface area is 114 Å². The van der Waals surface area contributed by atoms with Gasteiger partial charge in [0.05, 0.1) is 6.61 Å². The molecule has 0 spiro atoms. The average molecular weight is 337 g/mol. The van der Waals surface area contributed by atoms with Crippen LogP contribution in [0.4, 0.5) is 5.69 Å². The molecule has 8 heteroatoms. The van der Waals surface area contributed by atoms with Gasteiger partial charge in [-0.05, 0) is 24.3 Å². The van der Waals surface area contributed by atoms with E-state index in [9.17, 15) is 13.2 Å². The number of carbonyl (C=O) groups is 1. The number of hydrogen-bond donors (Lipinski definition) is 3. The molecule has 0 atom stereocenters. The molecule has 3 N–H and O–H groups in total. The molecule has 1 aromatic carbocycles. The predicted molar refractivity (Wildman–Crippen MR) is 72.2 cm³/mol. The molecular weight excluding hydrogens is 324 g/mol. The molecule has 0 unspecified atom stereocenters. The molecule has 6 nitrogen and oxygen atoms in total. The van der Waals surface area contributed by atoms with E-state index in [0.29, 0.717) is 11.3 Å². The van der Waals surface area contributed by atoms with Crippen LogP contribution >= 0.6 is 15.9 Å². The summed E-state index contributed by atoms with van der Waals surface area (Å²) >= 11 is 2.86. The van der Waals surface area contributed by atoms with Gasteiger partial charge in [-0.2, -0.15) is 0 Å². The lowest BCUT2D eigenvalue weighted by Gasteiger charge is -2.07. The summed E-state index contributed by atoms with van der Waals surface area (Å²) in [5.41, 5.74) is 0.776. The third-order valence-corrected chi connectivity index (χ3v) is 4.60. The number of aliphatic hydroxyl groups is 1. The van der Waals surface area contributed by atoms with Gasteiger partial charge in [-0.1, -0.05) is 15.9 Å². The number of halogens is 1. The highest BCUT2D eigenvalue weighted by Gasteiger charge is 2.09. The summed E-state index contributed by atoms with van der Waals surface area (Å²) in [6.07, 6.45) is 0. The predicted octanol–water partition coefficient (Wildman–Crippen LogP) is 0.503. The smallest absolute Gasteiger partial charge is 0.251 e. The second-order valence-corrected chi connectivity index (χ2v) is 6.41. The number of carbonyl (C=O) groups excluding carboxylic acids is 1. The first-order chi connectivity index (χ1) is 8.48. The lowest BCUT2D eigenvalue weighted by Crippen LogP contribution is -2.26. The largest absolute Gasteiger partial charge is 0.395 e. The number of hydrogen-bond acceptors (Lipinski definition) is 4. The van der Waals surface area contributed by atoms with Crippen molar-refractivity contribution >= 4 is 37.5 Å². The Bertz CT molecular complexity index is 501. The van der Waals surface area contributed by atoms with Crippen molar-refractivity contribution in [1.82, 2.24) is 5.32 Å². The van der Waals surface area contributed by atoms with Gasteiger partial charge in [-0.25, -0.2) is 8.42 Å². The minimum atomic E-state index is -3.39. The fraction of sp³-hybridized carbons (Fsp3) is 0.300. The molecule has 0 fully saturated rings. The van der Waals surface area contributed by atoms with Crippen molar-refractivity contribution in [3.05, 3.63) is 29.8 Å². The second-order valence-electron chi connectivity index (χ2n) is 3.38.